The van der Waals surface area contributed by atoms with Gasteiger partial charge in [-0.15, -0.1) is 0 Å². The Balaban J connectivity index is 2.20. The van der Waals surface area contributed by atoms with Crippen LogP contribution < -0.4 is 10.6 Å². The zero-order chi connectivity index (χ0) is 13.7. The second-order valence-corrected chi connectivity index (χ2v) is 6.43. The summed E-state index contributed by atoms with van der Waals surface area (Å²) in [5.41, 5.74) is 1.21. The van der Waals surface area contributed by atoms with Crippen molar-refractivity contribution in [1.29, 1.82) is 0 Å². The molecule has 2 heterocycles. The molecule has 1 aliphatic heterocycles. The highest BCUT2D eigenvalue weighted by Crippen LogP contribution is 2.30. The van der Waals surface area contributed by atoms with Crippen LogP contribution in [0, 0.1) is 0 Å². The summed E-state index contributed by atoms with van der Waals surface area (Å²) in [6, 6.07) is 0.558. The third-order valence-corrected chi connectivity index (χ3v) is 4.42. The van der Waals surface area contributed by atoms with E-state index in [0.717, 1.165) is 18.2 Å². The fourth-order valence-electron chi connectivity index (χ4n) is 2.40. The van der Waals surface area contributed by atoms with E-state index in [2.05, 4.69) is 41.4 Å². The first-order valence-corrected chi connectivity index (χ1v) is 8.30. The third kappa shape index (κ3) is 3.75. The first-order chi connectivity index (χ1) is 9.22. The minimum Gasteiger partial charge on any atom is -0.370 e. The number of nitrogens with one attached hydrogen (secondary N) is 2. The molecule has 1 fully saturated rings. The largest absolute Gasteiger partial charge is 0.370 e. The van der Waals surface area contributed by atoms with E-state index in [4.69, 9.17) is 0 Å². The molecule has 0 amide bonds. The molecule has 5 heteroatoms. The van der Waals surface area contributed by atoms with E-state index < -0.39 is 0 Å². The molecule has 0 atom stereocenters. The summed E-state index contributed by atoms with van der Waals surface area (Å²) >= 11 is 2.05. The van der Waals surface area contributed by atoms with Crippen LogP contribution in [0.25, 0.3) is 0 Å². The summed E-state index contributed by atoms with van der Waals surface area (Å²) in [5.74, 6) is 4.90. The first-order valence-electron chi connectivity index (χ1n) is 7.15. The van der Waals surface area contributed by atoms with Crippen LogP contribution in [0.3, 0.4) is 0 Å². The highest BCUT2D eigenvalue weighted by atomic mass is 32.2. The number of nitrogens with zero attached hydrogens (tertiary/aromatic N) is 2. The summed E-state index contributed by atoms with van der Waals surface area (Å²) in [4.78, 5) is 8.85. The molecule has 0 aliphatic carbocycles. The molecule has 0 bridgehead atoms. The van der Waals surface area contributed by atoms with Crippen LogP contribution in [0.1, 0.15) is 45.1 Å². The summed E-state index contributed by atoms with van der Waals surface area (Å²) in [5, 5.41) is 6.97. The number of anilines is 2. The molecule has 1 aromatic heterocycles. The van der Waals surface area contributed by atoms with E-state index in [1.165, 1.54) is 29.9 Å². The third-order valence-electron chi connectivity index (χ3n) is 3.37. The van der Waals surface area contributed by atoms with Gasteiger partial charge in [-0.3, -0.25) is 0 Å². The maximum absolute atomic E-state index is 4.47. The summed E-state index contributed by atoms with van der Waals surface area (Å²) in [7, 11) is 0. The first kappa shape index (κ1) is 14.4. The van der Waals surface area contributed by atoms with Crippen LogP contribution in [0.15, 0.2) is 6.33 Å². The lowest BCUT2D eigenvalue weighted by atomic mass is 10.0. The highest BCUT2D eigenvalue weighted by molar-refractivity contribution is 7.99. The molecular formula is C14H24N4S. The molecule has 19 heavy (non-hydrogen) atoms. The lowest BCUT2D eigenvalue weighted by molar-refractivity contribution is 0.660. The van der Waals surface area contributed by atoms with Gasteiger partial charge in [0.15, 0.2) is 0 Å². The van der Waals surface area contributed by atoms with Gasteiger partial charge in [-0.05, 0) is 37.2 Å². The Labute approximate surface area is 120 Å². The smallest absolute Gasteiger partial charge is 0.135 e. The highest BCUT2D eigenvalue weighted by Gasteiger charge is 2.19. The van der Waals surface area contributed by atoms with Crippen molar-refractivity contribution in [1.82, 2.24) is 9.97 Å². The molecule has 1 aliphatic rings. The number of hydrogen-bond donors (Lipinski definition) is 2. The Bertz CT molecular complexity index is 402. The van der Waals surface area contributed by atoms with Crippen molar-refractivity contribution in [2.75, 3.05) is 28.7 Å². The van der Waals surface area contributed by atoms with Gasteiger partial charge in [-0.25, -0.2) is 9.97 Å². The second kappa shape index (κ2) is 6.98. The summed E-state index contributed by atoms with van der Waals surface area (Å²) in [6.07, 6.45) is 4.11. The van der Waals surface area contributed by atoms with Crippen LogP contribution in [0.4, 0.5) is 11.6 Å². The Morgan fingerprint density at radius 2 is 1.95 bits per heavy atom. The second-order valence-electron chi connectivity index (χ2n) is 5.20. The van der Waals surface area contributed by atoms with Gasteiger partial charge in [-0.2, -0.15) is 11.8 Å². The van der Waals surface area contributed by atoms with Crippen LogP contribution >= 0.6 is 11.8 Å². The predicted octanol–water partition coefficient (Wildman–Crippen LogP) is 3.34. The Morgan fingerprint density at radius 1 is 1.26 bits per heavy atom. The van der Waals surface area contributed by atoms with Gasteiger partial charge in [0.2, 0.25) is 0 Å². The Hall–Kier alpha value is -0.970. The van der Waals surface area contributed by atoms with Gasteiger partial charge in [0.25, 0.3) is 0 Å². The van der Waals surface area contributed by atoms with Crippen molar-refractivity contribution in [3.63, 3.8) is 0 Å². The fraction of sp³-hybridized carbons (Fsp3) is 0.714. The SMILES string of the molecule is CCNc1ncnc(NC2CCSCC2)c1C(C)C. The van der Waals surface area contributed by atoms with Gasteiger partial charge < -0.3 is 10.6 Å². The molecule has 2 rings (SSSR count). The van der Waals surface area contributed by atoms with Crippen LogP contribution in [0.5, 0.6) is 0 Å². The van der Waals surface area contributed by atoms with Gasteiger partial charge in [0.1, 0.15) is 18.0 Å². The zero-order valence-electron chi connectivity index (χ0n) is 12.1. The van der Waals surface area contributed by atoms with Crippen LogP contribution in [-0.4, -0.2) is 34.1 Å². The lowest BCUT2D eigenvalue weighted by Gasteiger charge is -2.25. The zero-order valence-corrected chi connectivity index (χ0v) is 12.9. The molecular weight excluding hydrogens is 256 g/mol. The maximum Gasteiger partial charge on any atom is 0.135 e. The minimum absolute atomic E-state index is 0.413. The monoisotopic (exact) mass is 280 g/mol. The average molecular weight is 280 g/mol. The quantitative estimate of drug-likeness (QED) is 0.866. The number of rotatable bonds is 5. The molecule has 1 aromatic rings. The number of thioether (sulfide) groups is 1. The molecule has 0 aromatic carbocycles. The fourth-order valence-corrected chi connectivity index (χ4v) is 3.51. The number of aromatic nitrogens is 2. The van der Waals surface area contributed by atoms with Gasteiger partial charge in [0, 0.05) is 18.2 Å². The molecule has 106 valence electrons. The van der Waals surface area contributed by atoms with E-state index in [0.29, 0.717) is 12.0 Å². The maximum atomic E-state index is 4.47. The molecule has 0 radical (unpaired) electrons. The van der Waals surface area contributed by atoms with Gasteiger partial charge in [-0.1, -0.05) is 13.8 Å². The Kier molecular flexibility index (Phi) is 5.31. The normalized spacial score (nSPS) is 16.6. The molecule has 2 N–H and O–H groups in total. The van der Waals surface area contributed by atoms with Crippen molar-refractivity contribution in [3.8, 4) is 0 Å². The molecule has 1 saturated heterocycles. The molecule has 0 saturated carbocycles. The minimum atomic E-state index is 0.413. The van der Waals surface area contributed by atoms with Gasteiger partial charge >= 0.3 is 0 Å². The standard InChI is InChI=1S/C14H24N4S/c1-4-15-13-12(10(2)3)14(17-9-16-13)18-11-5-7-19-8-6-11/h9-11H,4-8H2,1-3H3,(H2,15,16,17,18). The van der Waals surface area contributed by atoms with Crippen molar-refractivity contribution in [3.05, 3.63) is 11.9 Å². The van der Waals surface area contributed by atoms with E-state index in [-0.39, 0.29) is 0 Å². The van der Waals surface area contributed by atoms with Crippen molar-refractivity contribution in [2.45, 2.75) is 45.6 Å². The van der Waals surface area contributed by atoms with E-state index in [9.17, 15) is 0 Å². The lowest BCUT2D eigenvalue weighted by Crippen LogP contribution is -2.26. The number of hydrogen-bond acceptors (Lipinski definition) is 5. The molecule has 4 nitrogen and oxygen atoms in total. The van der Waals surface area contributed by atoms with E-state index >= 15 is 0 Å². The van der Waals surface area contributed by atoms with Crippen molar-refractivity contribution in [2.24, 2.45) is 0 Å². The van der Waals surface area contributed by atoms with Crippen LogP contribution in [0.2, 0.25) is 0 Å². The van der Waals surface area contributed by atoms with Crippen molar-refractivity contribution < 1.29 is 0 Å². The summed E-state index contributed by atoms with van der Waals surface area (Å²) in [6.45, 7) is 7.37. The molecule has 0 unspecified atom stereocenters. The van der Waals surface area contributed by atoms with Gasteiger partial charge in [0.05, 0.1) is 0 Å². The predicted molar refractivity (Wildman–Crippen MR) is 84.3 cm³/mol. The average Bonchev–Trinajstić information content (AvgIpc) is 2.40. The Morgan fingerprint density at radius 3 is 2.58 bits per heavy atom. The summed E-state index contributed by atoms with van der Waals surface area (Å²) < 4.78 is 0. The molecule has 0 spiro atoms. The topological polar surface area (TPSA) is 49.8 Å². The van der Waals surface area contributed by atoms with E-state index in [1.54, 1.807) is 6.33 Å². The van der Waals surface area contributed by atoms with Crippen LogP contribution in [-0.2, 0) is 0 Å². The van der Waals surface area contributed by atoms with E-state index in [1.807, 2.05) is 11.8 Å². The van der Waals surface area contributed by atoms with Crippen molar-refractivity contribution >= 4 is 23.4 Å².